The standard InChI is InChI=1S/C14H16F3N3O4/c1-3-24-11(21)9-10(8-5-4-6-18-7-8)19-12(22)20(2)13(9,23)14(15,16)17/h4-7,9-10,23H,3H2,1-2H3,(H,19,22)/t9-,10+,13-/m0/s1. The summed E-state index contributed by atoms with van der Waals surface area (Å²) in [7, 11) is 0.758. The Morgan fingerprint density at radius 3 is 2.71 bits per heavy atom. The van der Waals surface area contributed by atoms with Gasteiger partial charge < -0.3 is 15.2 Å². The topological polar surface area (TPSA) is 91.8 Å². The minimum absolute atomic E-state index is 0.0570. The number of nitrogens with zero attached hydrogens (tertiary/aromatic N) is 2. The molecule has 0 unspecified atom stereocenters. The molecule has 0 aromatic carbocycles. The number of pyridine rings is 1. The zero-order chi connectivity index (χ0) is 18.1. The highest BCUT2D eigenvalue weighted by atomic mass is 19.4. The first kappa shape index (κ1) is 18.0. The van der Waals surface area contributed by atoms with Crippen LogP contribution in [0, 0.1) is 5.92 Å². The number of carbonyl (C=O) groups excluding carboxylic acids is 2. The Hall–Kier alpha value is -2.36. The molecule has 2 rings (SSSR count). The molecule has 2 heterocycles. The van der Waals surface area contributed by atoms with Crippen LogP contribution >= 0.6 is 0 Å². The molecule has 0 saturated carbocycles. The van der Waals surface area contributed by atoms with Crippen LogP contribution in [0.5, 0.6) is 0 Å². The Labute approximate surface area is 135 Å². The Kier molecular flexibility index (Phi) is 4.70. The van der Waals surface area contributed by atoms with Gasteiger partial charge in [0.2, 0.25) is 0 Å². The smallest absolute Gasteiger partial charge is 0.437 e. The number of hydrogen-bond acceptors (Lipinski definition) is 5. The largest absolute Gasteiger partial charge is 0.466 e. The number of urea groups is 1. The third-order valence-electron chi connectivity index (χ3n) is 3.86. The van der Waals surface area contributed by atoms with Crippen molar-refractivity contribution in [2.75, 3.05) is 13.7 Å². The molecule has 10 heteroatoms. The second-order valence-electron chi connectivity index (χ2n) is 5.23. The van der Waals surface area contributed by atoms with Crippen LogP contribution in [-0.4, -0.2) is 52.5 Å². The number of rotatable bonds is 3. The van der Waals surface area contributed by atoms with Gasteiger partial charge in [-0.2, -0.15) is 13.2 Å². The van der Waals surface area contributed by atoms with Crippen LogP contribution in [0.3, 0.4) is 0 Å². The molecule has 0 spiro atoms. The van der Waals surface area contributed by atoms with Crippen molar-refractivity contribution in [3.63, 3.8) is 0 Å². The second-order valence-corrected chi connectivity index (χ2v) is 5.23. The number of ether oxygens (including phenoxy) is 1. The minimum atomic E-state index is -5.28. The molecule has 7 nitrogen and oxygen atoms in total. The number of halogens is 3. The normalized spacial score (nSPS) is 27.6. The van der Waals surface area contributed by atoms with Crippen molar-refractivity contribution in [3.05, 3.63) is 30.1 Å². The third-order valence-corrected chi connectivity index (χ3v) is 3.86. The summed E-state index contributed by atoms with van der Waals surface area (Å²) in [6, 6.07) is 0.207. The molecule has 24 heavy (non-hydrogen) atoms. The number of alkyl halides is 3. The highest BCUT2D eigenvalue weighted by Crippen LogP contribution is 2.46. The van der Waals surface area contributed by atoms with Gasteiger partial charge in [-0.05, 0) is 18.6 Å². The summed E-state index contributed by atoms with van der Waals surface area (Å²) >= 11 is 0. The van der Waals surface area contributed by atoms with Crippen molar-refractivity contribution in [2.24, 2.45) is 5.92 Å². The fourth-order valence-corrected chi connectivity index (χ4v) is 2.64. The van der Waals surface area contributed by atoms with Crippen LogP contribution in [0.1, 0.15) is 18.5 Å². The number of carbonyl (C=O) groups is 2. The Morgan fingerprint density at radius 1 is 1.54 bits per heavy atom. The van der Waals surface area contributed by atoms with E-state index >= 15 is 0 Å². The first-order valence-corrected chi connectivity index (χ1v) is 7.04. The van der Waals surface area contributed by atoms with Crippen molar-refractivity contribution in [1.82, 2.24) is 15.2 Å². The predicted molar refractivity (Wildman–Crippen MR) is 74.4 cm³/mol. The lowest BCUT2D eigenvalue weighted by atomic mass is 9.81. The molecule has 2 N–H and O–H groups in total. The summed E-state index contributed by atoms with van der Waals surface area (Å²) in [5, 5.41) is 12.6. The minimum Gasteiger partial charge on any atom is -0.466 e. The van der Waals surface area contributed by atoms with Crippen LogP contribution in [0.4, 0.5) is 18.0 Å². The van der Waals surface area contributed by atoms with E-state index in [4.69, 9.17) is 4.74 Å². The number of aliphatic hydroxyl groups is 1. The zero-order valence-corrected chi connectivity index (χ0v) is 12.9. The van der Waals surface area contributed by atoms with Gasteiger partial charge >= 0.3 is 18.2 Å². The molecule has 1 aromatic heterocycles. The molecular weight excluding hydrogens is 331 g/mol. The summed E-state index contributed by atoms with van der Waals surface area (Å²) in [5.41, 5.74) is -3.58. The van der Waals surface area contributed by atoms with E-state index in [2.05, 4.69) is 10.3 Å². The highest BCUT2D eigenvalue weighted by molar-refractivity contribution is 5.83. The van der Waals surface area contributed by atoms with Crippen LogP contribution in [0.25, 0.3) is 0 Å². The van der Waals surface area contributed by atoms with Gasteiger partial charge in [0.15, 0.2) is 0 Å². The number of aromatic nitrogens is 1. The van der Waals surface area contributed by atoms with Crippen molar-refractivity contribution >= 4 is 12.0 Å². The fraction of sp³-hybridized carbons (Fsp3) is 0.500. The molecule has 1 saturated heterocycles. The maximum absolute atomic E-state index is 13.6. The Morgan fingerprint density at radius 2 is 2.21 bits per heavy atom. The molecule has 0 bridgehead atoms. The van der Waals surface area contributed by atoms with Gasteiger partial charge in [0.25, 0.3) is 5.72 Å². The van der Waals surface area contributed by atoms with E-state index in [9.17, 15) is 27.9 Å². The van der Waals surface area contributed by atoms with Crippen molar-refractivity contribution < 1.29 is 32.6 Å². The molecule has 132 valence electrons. The quantitative estimate of drug-likeness (QED) is 0.802. The first-order chi connectivity index (χ1) is 11.1. The molecule has 1 aromatic rings. The lowest BCUT2D eigenvalue weighted by Gasteiger charge is -2.49. The van der Waals surface area contributed by atoms with E-state index in [1.807, 2.05) is 0 Å². The Bertz CT molecular complexity index is 625. The lowest BCUT2D eigenvalue weighted by molar-refractivity contribution is -0.328. The highest BCUT2D eigenvalue weighted by Gasteiger charge is 2.69. The van der Waals surface area contributed by atoms with Crippen molar-refractivity contribution in [1.29, 1.82) is 0 Å². The SMILES string of the molecule is CCOC(=O)[C@@H]1[C@@H](c2cccnc2)NC(=O)N(C)[C@@]1(O)C(F)(F)F. The van der Waals surface area contributed by atoms with Crippen LogP contribution in [0.2, 0.25) is 0 Å². The number of amides is 2. The van der Waals surface area contributed by atoms with Crippen molar-refractivity contribution in [2.45, 2.75) is 24.9 Å². The summed E-state index contributed by atoms with van der Waals surface area (Å²) in [4.78, 5) is 28.0. The molecule has 1 fully saturated rings. The van der Waals surface area contributed by atoms with Crippen LogP contribution in [0.15, 0.2) is 24.5 Å². The van der Waals surface area contributed by atoms with Crippen molar-refractivity contribution in [3.8, 4) is 0 Å². The van der Waals surface area contributed by atoms with Gasteiger partial charge in [0.1, 0.15) is 5.92 Å². The fourth-order valence-electron chi connectivity index (χ4n) is 2.64. The average molecular weight is 347 g/mol. The van der Waals surface area contributed by atoms with E-state index in [1.165, 1.54) is 31.5 Å². The number of nitrogens with one attached hydrogen (secondary N) is 1. The zero-order valence-electron chi connectivity index (χ0n) is 12.9. The first-order valence-electron chi connectivity index (χ1n) is 7.04. The van der Waals surface area contributed by atoms with E-state index in [-0.39, 0.29) is 17.1 Å². The molecule has 0 aliphatic carbocycles. The predicted octanol–water partition coefficient (Wildman–Crippen LogP) is 1.21. The molecule has 2 amide bonds. The van der Waals surface area contributed by atoms with Gasteiger partial charge in [-0.15, -0.1) is 0 Å². The molecular formula is C14H16F3N3O4. The summed E-state index contributed by atoms with van der Waals surface area (Å²) in [6.45, 7) is 1.25. The van der Waals surface area contributed by atoms with Gasteiger partial charge in [-0.25, -0.2) is 4.79 Å². The number of hydrogen-bond donors (Lipinski definition) is 2. The van der Waals surface area contributed by atoms with Crippen LogP contribution in [-0.2, 0) is 9.53 Å². The Balaban J connectivity index is 2.61. The maximum atomic E-state index is 13.6. The lowest BCUT2D eigenvalue weighted by Crippen LogP contribution is -2.73. The van der Waals surface area contributed by atoms with Crippen LogP contribution < -0.4 is 5.32 Å². The van der Waals surface area contributed by atoms with E-state index in [0.717, 1.165) is 7.05 Å². The van der Waals surface area contributed by atoms with E-state index in [1.54, 1.807) is 0 Å². The van der Waals surface area contributed by atoms with E-state index < -0.39 is 35.9 Å². The monoisotopic (exact) mass is 347 g/mol. The third kappa shape index (κ3) is 2.77. The second kappa shape index (κ2) is 6.27. The van der Waals surface area contributed by atoms with E-state index in [0.29, 0.717) is 0 Å². The molecule has 1 aliphatic rings. The van der Waals surface area contributed by atoms with Gasteiger partial charge in [0.05, 0.1) is 12.6 Å². The average Bonchev–Trinajstić information content (AvgIpc) is 2.52. The van der Waals surface area contributed by atoms with Gasteiger partial charge in [0, 0.05) is 19.4 Å². The number of esters is 1. The summed E-state index contributed by atoms with van der Waals surface area (Å²) < 4.78 is 45.5. The van der Waals surface area contributed by atoms with Gasteiger partial charge in [-0.1, -0.05) is 6.07 Å². The molecule has 0 radical (unpaired) electrons. The van der Waals surface area contributed by atoms with Gasteiger partial charge in [-0.3, -0.25) is 14.7 Å². The maximum Gasteiger partial charge on any atom is 0.437 e. The molecule has 1 aliphatic heterocycles. The summed E-state index contributed by atoms with van der Waals surface area (Å²) in [5.74, 6) is -3.40. The summed E-state index contributed by atoms with van der Waals surface area (Å²) in [6.07, 6.45) is -2.69. The molecule has 3 atom stereocenters.